The molecule has 0 bridgehead atoms. The molecule has 0 fully saturated rings. The fourth-order valence-corrected chi connectivity index (χ4v) is 1.40. The topological polar surface area (TPSA) is 46.5 Å². The summed E-state index contributed by atoms with van der Waals surface area (Å²) in [6, 6.07) is 2.40. The predicted octanol–water partition coefficient (Wildman–Crippen LogP) is 2.47. The molecule has 1 aromatic rings. The first kappa shape index (κ1) is 11.0. The number of phenolic OH excluding ortho intramolecular Hbond substituents is 1. The summed E-state index contributed by atoms with van der Waals surface area (Å²) in [5, 5.41) is 8.98. The summed E-state index contributed by atoms with van der Waals surface area (Å²) < 4.78 is 17.7. The number of carbonyl (C=O) groups is 1. The molecule has 0 aliphatic carbocycles. The van der Waals surface area contributed by atoms with Crippen molar-refractivity contribution in [1.82, 2.24) is 0 Å². The Morgan fingerprint density at radius 2 is 2.29 bits per heavy atom. The standard InChI is InChI=1S/C9H8BrFO3/c1-2-14-9(13)5-3-4-6(12)8(11)7(5)10/h3-4,12H,2H2,1H3. The van der Waals surface area contributed by atoms with Crippen LogP contribution in [0.25, 0.3) is 0 Å². The number of ether oxygens (including phenoxy) is 1. The van der Waals surface area contributed by atoms with Crippen LogP contribution in [0, 0.1) is 5.82 Å². The molecule has 0 radical (unpaired) electrons. The smallest absolute Gasteiger partial charge is 0.339 e. The van der Waals surface area contributed by atoms with Gasteiger partial charge in [0.25, 0.3) is 0 Å². The van der Waals surface area contributed by atoms with Crippen molar-refractivity contribution in [2.75, 3.05) is 6.61 Å². The number of aromatic hydroxyl groups is 1. The maximum absolute atomic E-state index is 13.1. The molecule has 0 amide bonds. The van der Waals surface area contributed by atoms with Crippen LogP contribution in [0.3, 0.4) is 0 Å². The molecule has 1 rings (SSSR count). The van der Waals surface area contributed by atoms with Crippen LogP contribution in [0.1, 0.15) is 17.3 Å². The molecule has 3 nitrogen and oxygen atoms in total. The van der Waals surface area contributed by atoms with E-state index in [9.17, 15) is 9.18 Å². The molecule has 76 valence electrons. The molecule has 0 aliphatic rings. The molecule has 0 unspecified atom stereocenters. The van der Waals surface area contributed by atoms with Gasteiger partial charge in [-0.3, -0.25) is 0 Å². The molecule has 14 heavy (non-hydrogen) atoms. The van der Waals surface area contributed by atoms with Crippen molar-refractivity contribution in [3.63, 3.8) is 0 Å². The Labute approximate surface area is 88.6 Å². The van der Waals surface area contributed by atoms with Gasteiger partial charge in [-0.15, -0.1) is 0 Å². The largest absolute Gasteiger partial charge is 0.505 e. The fraction of sp³-hybridized carbons (Fsp3) is 0.222. The summed E-state index contributed by atoms with van der Waals surface area (Å²) in [6.07, 6.45) is 0. The molecule has 0 atom stereocenters. The van der Waals surface area contributed by atoms with Gasteiger partial charge in [0.15, 0.2) is 11.6 Å². The molecule has 0 saturated heterocycles. The van der Waals surface area contributed by atoms with Gasteiger partial charge in [-0.05, 0) is 35.0 Å². The van der Waals surface area contributed by atoms with Crippen molar-refractivity contribution < 1.29 is 19.0 Å². The van der Waals surface area contributed by atoms with Crippen LogP contribution >= 0.6 is 15.9 Å². The number of rotatable bonds is 2. The first-order chi connectivity index (χ1) is 6.57. The SMILES string of the molecule is CCOC(=O)c1ccc(O)c(F)c1Br. The minimum absolute atomic E-state index is 0.0575. The summed E-state index contributed by atoms with van der Waals surface area (Å²) >= 11 is 2.87. The summed E-state index contributed by atoms with van der Waals surface area (Å²) in [6.45, 7) is 1.87. The number of hydrogen-bond acceptors (Lipinski definition) is 3. The minimum Gasteiger partial charge on any atom is -0.505 e. The number of benzene rings is 1. The highest BCUT2D eigenvalue weighted by Crippen LogP contribution is 2.27. The van der Waals surface area contributed by atoms with E-state index in [1.54, 1.807) is 6.92 Å². The van der Waals surface area contributed by atoms with Gasteiger partial charge in [-0.25, -0.2) is 9.18 Å². The van der Waals surface area contributed by atoms with E-state index in [0.717, 1.165) is 6.07 Å². The second-order valence-corrected chi connectivity index (χ2v) is 3.27. The highest BCUT2D eigenvalue weighted by Gasteiger charge is 2.16. The van der Waals surface area contributed by atoms with E-state index in [1.807, 2.05) is 0 Å². The van der Waals surface area contributed by atoms with Gasteiger partial charge >= 0.3 is 5.97 Å². The lowest BCUT2D eigenvalue weighted by Crippen LogP contribution is -2.06. The monoisotopic (exact) mass is 262 g/mol. The summed E-state index contributed by atoms with van der Waals surface area (Å²) in [4.78, 5) is 11.2. The Hall–Kier alpha value is -1.10. The average Bonchev–Trinajstić information content (AvgIpc) is 2.15. The number of hydrogen-bond donors (Lipinski definition) is 1. The zero-order valence-corrected chi connectivity index (χ0v) is 8.97. The molecule has 1 aromatic carbocycles. The van der Waals surface area contributed by atoms with E-state index in [1.165, 1.54) is 6.07 Å². The molecule has 1 N–H and O–H groups in total. The Kier molecular flexibility index (Phi) is 3.46. The minimum atomic E-state index is -0.865. The van der Waals surface area contributed by atoms with E-state index >= 15 is 0 Å². The van der Waals surface area contributed by atoms with Crippen LogP contribution < -0.4 is 0 Å². The van der Waals surface area contributed by atoms with Crippen LogP contribution in [0.2, 0.25) is 0 Å². The Morgan fingerprint density at radius 1 is 1.64 bits per heavy atom. The maximum atomic E-state index is 13.1. The lowest BCUT2D eigenvalue weighted by atomic mass is 10.2. The molecule has 0 spiro atoms. The van der Waals surface area contributed by atoms with Crippen LogP contribution in [0.4, 0.5) is 4.39 Å². The molecule has 0 heterocycles. The molecule has 5 heteroatoms. The Morgan fingerprint density at radius 3 is 2.86 bits per heavy atom. The predicted molar refractivity (Wildman–Crippen MR) is 51.7 cm³/mol. The molecule has 0 saturated carbocycles. The zero-order valence-electron chi connectivity index (χ0n) is 7.38. The third kappa shape index (κ3) is 2.04. The van der Waals surface area contributed by atoms with Crippen LogP contribution in [0.15, 0.2) is 16.6 Å². The summed E-state index contributed by atoms with van der Waals surface area (Å²) in [5.41, 5.74) is 0.0575. The highest BCUT2D eigenvalue weighted by atomic mass is 79.9. The molecule has 0 aliphatic heterocycles. The number of halogens is 2. The van der Waals surface area contributed by atoms with E-state index in [0.29, 0.717) is 0 Å². The fourth-order valence-electron chi connectivity index (χ4n) is 0.906. The second kappa shape index (κ2) is 4.41. The van der Waals surface area contributed by atoms with E-state index in [-0.39, 0.29) is 16.6 Å². The van der Waals surface area contributed by atoms with Gasteiger partial charge in [-0.1, -0.05) is 0 Å². The average molecular weight is 263 g/mol. The van der Waals surface area contributed by atoms with E-state index < -0.39 is 17.5 Å². The second-order valence-electron chi connectivity index (χ2n) is 2.48. The van der Waals surface area contributed by atoms with Crippen LogP contribution in [0.5, 0.6) is 5.75 Å². The lowest BCUT2D eigenvalue weighted by Gasteiger charge is -2.05. The van der Waals surface area contributed by atoms with Gasteiger partial charge in [-0.2, -0.15) is 0 Å². The van der Waals surface area contributed by atoms with Gasteiger partial charge in [0.2, 0.25) is 0 Å². The number of carbonyl (C=O) groups excluding carboxylic acids is 1. The van der Waals surface area contributed by atoms with Gasteiger partial charge in [0, 0.05) is 0 Å². The number of phenols is 1. The van der Waals surface area contributed by atoms with E-state index in [2.05, 4.69) is 20.7 Å². The lowest BCUT2D eigenvalue weighted by molar-refractivity contribution is 0.0524. The van der Waals surface area contributed by atoms with Crippen molar-refractivity contribution in [2.45, 2.75) is 6.92 Å². The Balaban J connectivity index is 3.11. The third-order valence-electron chi connectivity index (χ3n) is 1.56. The Bertz CT molecular complexity index is 365. The first-order valence-electron chi connectivity index (χ1n) is 3.92. The normalized spacial score (nSPS) is 9.93. The van der Waals surface area contributed by atoms with Crippen molar-refractivity contribution in [3.05, 3.63) is 28.0 Å². The molecule has 0 aromatic heterocycles. The van der Waals surface area contributed by atoms with Crippen LogP contribution in [-0.4, -0.2) is 17.7 Å². The maximum Gasteiger partial charge on any atom is 0.339 e. The quantitative estimate of drug-likeness (QED) is 0.834. The third-order valence-corrected chi connectivity index (χ3v) is 2.33. The van der Waals surface area contributed by atoms with E-state index in [4.69, 9.17) is 5.11 Å². The summed E-state index contributed by atoms with van der Waals surface area (Å²) in [7, 11) is 0. The molecular weight excluding hydrogens is 255 g/mol. The van der Waals surface area contributed by atoms with Crippen molar-refractivity contribution in [3.8, 4) is 5.75 Å². The van der Waals surface area contributed by atoms with Crippen molar-refractivity contribution >= 4 is 21.9 Å². The van der Waals surface area contributed by atoms with Gasteiger partial charge in [0.05, 0.1) is 16.6 Å². The first-order valence-corrected chi connectivity index (χ1v) is 4.71. The highest BCUT2D eigenvalue weighted by molar-refractivity contribution is 9.10. The molecular formula is C9H8BrFO3. The van der Waals surface area contributed by atoms with Gasteiger partial charge in [0.1, 0.15) is 0 Å². The summed E-state index contributed by atoms with van der Waals surface area (Å²) in [5.74, 6) is -2.00. The van der Waals surface area contributed by atoms with Crippen molar-refractivity contribution in [1.29, 1.82) is 0 Å². The number of esters is 1. The van der Waals surface area contributed by atoms with Crippen LogP contribution in [-0.2, 0) is 4.74 Å². The zero-order chi connectivity index (χ0) is 10.7. The van der Waals surface area contributed by atoms with Crippen molar-refractivity contribution in [2.24, 2.45) is 0 Å². The van der Waals surface area contributed by atoms with Gasteiger partial charge < -0.3 is 9.84 Å².